The van der Waals surface area contributed by atoms with E-state index in [-0.39, 0.29) is 6.61 Å². The lowest BCUT2D eigenvalue weighted by molar-refractivity contribution is 0.311. The van der Waals surface area contributed by atoms with Gasteiger partial charge in [-0.3, -0.25) is 4.98 Å². The zero-order valence-corrected chi connectivity index (χ0v) is 15.3. The number of nitrogens with zero attached hydrogens (tertiary/aromatic N) is 4. The lowest BCUT2D eigenvalue weighted by Crippen LogP contribution is -2.06. The minimum absolute atomic E-state index is 0.0528. The minimum atomic E-state index is 0.0528. The van der Waals surface area contributed by atoms with E-state index in [1.54, 1.807) is 24.5 Å². The van der Waals surface area contributed by atoms with E-state index in [1.165, 1.54) is 5.56 Å². The monoisotopic (exact) mass is 372 g/mol. The summed E-state index contributed by atoms with van der Waals surface area (Å²) in [7, 11) is 0. The molecule has 0 spiro atoms. The molecular formula is C21H20N6O. The Morgan fingerprint density at radius 3 is 2.64 bits per heavy atom. The Morgan fingerprint density at radius 2 is 1.93 bits per heavy atom. The molecule has 3 aromatic heterocycles. The molecule has 3 heterocycles. The van der Waals surface area contributed by atoms with Crippen molar-refractivity contribution in [3.05, 3.63) is 60.0 Å². The van der Waals surface area contributed by atoms with Crippen LogP contribution in [0.1, 0.15) is 29.9 Å². The molecule has 0 amide bonds. The third-order valence-corrected chi connectivity index (χ3v) is 4.60. The predicted octanol–water partition coefficient (Wildman–Crippen LogP) is 3.44. The SMILES string of the molecule is N#Cc1ccnc(Nc2c(C3CC3)ccnc2-c2ccc(NCCO)nc2)c1. The maximum absolute atomic E-state index is 9.15. The second-order valence-electron chi connectivity index (χ2n) is 6.65. The van der Waals surface area contributed by atoms with E-state index in [9.17, 15) is 0 Å². The van der Waals surface area contributed by atoms with Crippen molar-refractivity contribution in [2.24, 2.45) is 0 Å². The number of aromatic nitrogens is 3. The highest BCUT2D eigenvalue weighted by atomic mass is 16.3. The van der Waals surface area contributed by atoms with Gasteiger partial charge < -0.3 is 15.7 Å². The quantitative estimate of drug-likeness (QED) is 0.583. The van der Waals surface area contributed by atoms with Gasteiger partial charge in [-0.1, -0.05) is 0 Å². The molecule has 1 aliphatic carbocycles. The summed E-state index contributed by atoms with van der Waals surface area (Å²) in [6.45, 7) is 0.507. The van der Waals surface area contributed by atoms with Crippen molar-refractivity contribution in [2.45, 2.75) is 18.8 Å². The van der Waals surface area contributed by atoms with Gasteiger partial charge in [-0.05, 0) is 54.7 Å². The molecule has 7 nitrogen and oxygen atoms in total. The first kappa shape index (κ1) is 17.9. The van der Waals surface area contributed by atoms with Crippen molar-refractivity contribution in [2.75, 3.05) is 23.8 Å². The standard InChI is InChI=1S/C21H20N6O/c22-12-14-5-7-23-19(11-14)27-21-17(15-1-2-15)6-8-25-20(21)16-3-4-18(26-13-16)24-9-10-28/h3-8,11,13,15,28H,1-2,9-10H2,(H,23,27)(H,24,26). The molecule has 3 N–H and O–H groups in total. The lowest BCUT2D eigenvalue weighted by atomic mass is 10.0. The summed E-state index contributed by atoms with van der Waals surface area (Å²) in [5.74, 6) is 1.83. The molecule has 0 saturated heterocycles. The molecule has 3 aromatic rings. The maximum atomic E-state index is 9.15. The van der Waals surface area contributed by atoms with Crippen LogP contribution in [0.5, 0.6) is 0 Å². The van der Waals surface area contributed by atoms with Gasteiger partial charge in [-0.25, -0.2) is 9.97 Å². The Morgan fingerprint density at radius 1 is 1.07 bits per heavy atom. The third-order valence-electron chi connectivity index (χ3n) is 4.60. The molecule has 140 valence electrons. The van der Waals surface area contributed by atoms with E-state index in [0.29, 0.717) is 29.7 Å². The molecule has 0 atom stereocenters. The van der Waals surface area contributed by atoms with Gasteiger partial charge in [0.15, 0.2) is 0 Å². The first-order valence-corrected chi connectivity index (χ1v) is 9.21. The smallest absolute Gasteiger partial charge is 0.131 e. The van der Waals surface area contributed by atoms with E-state index in [1.807, 2.05) is 24.4 Å². The molecule has 28 heavy (non-hydrogen) atoms. The second-order valence-corrected chi connectivity index (χ2v) is 6.65. The van der Waals surface area contributed by atoms with Crippen LogP contribution in [0, 0.1) is 11.3 Å². The van der Waals surface area contributed by atoms with E-state index in [4.69, 9.17) is 10.4 Å². The van der Waals surface area contributed by atoms with Crippen molar-refractivity contribution in [3.63, 3.8) is 0 Å². The van der Waals surface area contributed by atoms with Crippen LogP contribution in [0.2, 0.25) is 0 Å². The Balaban J connectivity index is 1.71. The molecular weight excluding hydrogens is 352 g/mol. The van der Waals surface area contributed by atoms with Gasteiger partial charge in [-0.2, -0.15) is 5.26 Å². The molecule has 0 unspecified atom stereocenters. The normalized spacial score (nSPS) is 13.0. The maximum Gasteiger partial charge on any atom is 0.131 e. The van der Waals surface area contributed by atoms with Crippen LogP contribution in [0.25, 0.3) is 11.3 Å². The van der Waals surface area contributed by atoms with Crippen LogP contribution >= 0.6 is 0 Å². The fourth-order valence-corrected chi connectivity index (χ4v) is 3.08. The molecule has 0 aromatic carbocycles. The highest BCUT2D eigenvalue weighted by Crippen LogP contribution is 2.46. The van der Waals surface area contributed by atoms with Crippen LogP contribution < -0.4 is 10.6 Å². The van der Waals surface area contributed by atoms with Gasteiger partial charge in [0.2, 0.25) is 0 Å². The number of aliphatic hydroxyl groups is 1. The summed E-state index contributed by atoms with van der Waals surface area (Å²) in [5, 5.41) is 24.5. The van der Waals surface area contributed by atoms with Crippen molar-refractivity contribution in [3.8, 4) is 17.3 Å². The van der Waals surface area contributed by atoms with E-state index < -0.39 is 0 Å². The van der Waals surface area contributed by atoms with Crippen LogP contribution in [0.3, 0.4) is 0 Å². The fraction of sp³-hybridized carbons (Fsp3) is 0.238. The fourth-order valence-electron chi connectivity index (χ4n) is 3.08. The number of hydrogen-bond donors (Lipinski definition) is 3. The molecule has 1 saturated carbocycles. The number of anilines is 3. The molecule has 0 aliphatic heterocycles. The number of nitrogens with one attached hydrogen (secondary N) is 2. The van der Waals surface area contributed by atoms with E-state index >= 15 is 0 Å². The Kier molecular flexibility index (Phi) is 5.13. The zero-order valence-electron chi connectivity index (χ0n) is 15.3. The molecule has 4 rings (SSSR count). The first-order valence-electron chi connectivity index (χ1n) is 9.21. The Hall–Kier alpha value is -3.50. The average Bonchev–Trinajstić information content (AvgIpc) is 3.58. The summed E-state index contributed by atoms with van der Waals surface area (Å²) < 4.78 is 0. The van der Waals surface area contributed by atoms with E-state index in [0.717, 1.165) is 29.8 Å². The van der Waals surface area contributed by atoms with Crippen molar-refractivity contribution >= 4 is 17.3 Å². The number of rotatable bonds is 7. The topological polar surface area (TPSA) is 107 Å². The summed E-state index contributed by atoms with van der Waals surface area (Å²) in [6.07, 6.45) is 7.53. The molecule has 0 radical (unpaired) electrons. The largest absolute Gasteiger partial charge is 0.395 e. The van der Waals surface area contributed by atoms with Crippen LogP contribution in [0.15, 0.2) is 48.9 Å². The van der Waals surface area contributed by atoms with E-state index in [2.05, 4.69) is 31.7 Å². The Labute approximate surface area is 163 Å². The first-order chi connectivity index (χ1) is 13.8. The summed E-state index contributed by atoms with van der Waals surface area (Å²) >= 11 is 0. The summed E-state index contributed by atoms with van der Waals surface area (Å²) in [4.78, 5) is 13.4. The second kappa shape index (κ2) is 8.03. The summed E-state index contributed by atoms with van der Waals surface area (Å²) in [5.41, 5.74) is 4.35. The lowest BCUT2D eigenvalue weighted by Gasteiger charge is -2.16. The molecule has 7 heteroatoms. The predicted molar refractivity (Wildman–Crippen MR) is 107 cm³/mol. The number of pyridine rings is 3. The zero-order chi connectivity index (χ0) is 19.3. The highest BCUT2D eigenvalue weighted by Gasteiger charge is 2.28. The molecule has 1 fully saturated rings. The Bertz CT molecular complexity index is 1010. The average molecular weight is 372 g/mol. The van der Waals surface area contributed by atoms with Crippen molar-refractivity contribution < 1.29 is 5.11 Å². The van der Waals surface area contributed by atoms with Gasteiger partial charge in [0, 0.05) is 30.7 Å². The van der Waals surface area contributed by atoms with Gasteiger partial charge >= 0.3 is 0 Å². The van der Waals surface area contributed by atoms with Crippen LogP contribution in [-0.2, 0) is 0 Å². The molecule has 1 aliphatic rings. The number of hydrogen-bond acceptors (Lipinski definition) is 7. The highest BCUT2D eigenvalue weighted by molar-refractivity contribution is 5.80. The number of nitriles is 1. The molecule has 0 bridgehead atoms. The van der Waals surface area contributed by atoms with Crippen LogP contribution in [-0.4, -0.2) is 33.2 Å². The summed E-state index contributed by atoms with van der Waals surface area (Å²) in [6, 6.07) is 11.4. The third kappa shape index (κ3) is 3.92. The van der Waals surface area contributed by atoms with Crippen LogP contribution in [0.4, 0.5) is 17.3 Å². The minimum Gasteiger partial charge on any atom is -0.395 e. The van der Waals surface area contributed by atoms with Gasteiger partial charge in [0.1, 0.15) is 11.6 Å². The van der Waals surface area contributed by atoms with Gasteiger partial charge in [0.05, 0.1) is 29.6 Å². The van der Waals surface area contributed by atoms with Crippen molar-refractivity contribution in [1.82, 2.24) is 15.0 Å². The van der Waals surface area contributed by atoms with Gasteiger partial charge in [0.25, 0.3) is 0 Å². The van der Waals surface area contributed by atoms with Crippen molar-refractivity contribution in [1.29, 1.82) is 5.26 Å². The number of aliphatic hydroxyl groups excluding tert-OH is 1. The van der Waals surface area contributed by atoms with Gasteiger partial charge in [-0.15, -0.1) is 0 Å².